The molecule has 1 aromatic heterocycles. The first-order chi connectivity index (χ1) is 14.3. The van der Waals surface area contributed by atoms with Crippen LogP contribution in [-0.4, -0.2) is 28.4 Å². The standard InChI is InChI=1S/C19H19ClN4O4S2/c1-2-24(15-9-5-3-6-10-15)30(27,28)19-18(20)17(13-14-21-19)22-23-29(25,26)16-11-7-4-8-12-16/h3-14,23H,2H2,1H3,(H,21,22). The molecule has 0 bridgehead atoms. The highest BCUT2D eigenvalue weighted by Crippen LogP contribution is 2.31. The van der Waals surface area contributed by atoms with Crippen LogP contribution >= 0.6 is 11.6 Å². The quantitative estimate of drug-likeness (QED) is 0.493. The predicted molar refractivity (Wildman–Crippen MR) is 116 cm³/mol. The summed E-state index contributed by atoms with van der Waals surface area (Å²) < 4.78 is 52.3. The van der Waals surface area contributed by atoms with Gasteiger partial charge in [0.25, 0.3) is 20.0 Å². The van der Waals surface area contributed by atoms with Crippen LogP contribution in [0.5, 0.6) is 0 Å². The third-order valence-electron chi connectivity index (χ3n) is 4.10. The van der Waals surface area contributed by atoms with E-state index in [2.05, 4.69) is 15.2 Å². The fourth-order valence-electron chi connectivity index (χ4n) is 2.67. The van der Waals surface area contributed by atoms with Crippen LogP contribution in [0.25, 0.3) is 0 Å². The van der Waals surface area contributed by atoms with Crippen molar-refractivity contribution < 1.29 is 16.8 Å². The Morgan fingerprint density at radius 1 is 0.933 bits per heavy atom. The number of pyridine rings is 1. The normalized spacial score (nSPS) is 11.8. The van der Waals surface area contributed by atoms with Crippen LogP contribution in [0.4, 0.5) is 11.4 Å². The molecule has 0 unspecified atom stereocenters. The van der Waals surface area contributed by atoms with Gasteiger partial charge in [0.05, 0.1) is 16.3 Å². The van der Waals surface area contributed by atoms with Crippen LogP contribution in [-0.2, 0) is 20.0 Å². The van der Waals surface area contributed by atoms with Crippen LogP contribution in [0.1, 0.15) is 6.92 Å². The molecule has 0 atom stereocenters. The van der Waals surface area contributed by atoms with E-state index in [4.69, 9.17) is 11.6 Å². The van der Waals surface area contributed by atoms with Gasteiger partial charge in [-0.05, 0) is 37.3 Å². The highest BCUT2D eigenvalue weighted by Gasteiger charge is 2.29. The lowest BCUT2D eigenvalue weighted by Crippen LogP contribution is -2.32. The van der Waals surface area contributed by atoms with Crippen molar-refractivity contribution in [1.82, 2.24) is 9.82 Å². The molecule has 158 valence electrons. The zero-order valence-corrected chi connectivity index (χ0v) is 18.2. The maximum Gasteiger partial charge on any atom is 0.283 e. The molecule has 8 nitrogen and oxygen atoms in total. The molecule has 3 rings (SSSR count). The van der Waals surface area contributed by atoms with Crippen LogP contribution < -0.4 is 14.6 Å². The van der Waals surface area contributed by atoms with Crippen LogP contribution in [0.15, 0.2) is 82.8 Å². The van der Waals surface area contributed by atoms with Crippen LogP contribution in [0.3, 0.4) is 0 Å². The Kier molecular flexibility index (Phi) is 6.61. The summed E-state index contributed by atoms with van der Waals surface area (Å²) in [7, 11) is -7.98. The molecule has 1 heterocycles. The average Bonchev–Trinajstić information content (AvgIpc) is 2.74. The summed E-state index contributed by atoms with van der Waals surface area (Å²) in [5.41, 5.74) is 2.98. The lowest BCUT2D eigenvalue weighted by atomic mass is 10.3. The van der Waals surface area contributed by atoms with E-state index in [1.165, 1.54) is 28.7 Å². The van der Waals surface area contributed by atoms with E-state index >= 15 is 0 Å². The van der Waals surface area contributed by atoms with E-state index in [-0.39, 0.29) is 22.2 Å². The SMILES string of the molecule is CCN(c1ccccc1)S(=O)(=O)c1nccc(NNS(=O)(=O)c2ccccc2)c1Cl. The van der Waals surface area contributed by atoms with Gasteiger partial charge >= 0.3 is 0 Å². The lowest BCUT2D eigenvalue weighted by molar-refractivity contribution is 0.587. The number of benzene rings is 2. The van der Waals surface area contributed by atoms with Crippen molar-refractivity contribution in [2.24, 2.45) is 0 Å². The number of nitrogens with one attached hydrogen (secondary N) is 2. The van der Waals surface area contributed by atoms with E-state index in [1.54, 1.807) is 55.5 Å². The fourth-order valence-corrected chi connectivity index (χ4v) is 5.48. The van der Waals surface area contributed by atoms with Crippen molar-refractivity contribution in [1.29, 1.82) is 0 Å². The number of sulfonamides is 2. The third kappa shape index (κ3) is 4.57. The van der Waals surface area contributed by atoms with Gasteiger partial charge in [-0.1, -0.05) is 48.0 Å². The minimum absolute atomic E-state index is 0.0387. The molecule has 0 aliphatic rings. The zero-order valence-electron chi connectivity index (χ0n) is 15.9. The number of para-hydroxylation sites is 1. The van der Waals surface area contributed by atoms with Gasteiger partial charge < -0.3 is 5.43 Å². The Morgan fingerprint density at radius 2 is 1.53 bits per heavy atom. The Bertz CT molecular complexity index is 1220. The molecule has 0 aliphatic carbocycles. The first-order valence-corrected chi connectivity index (χ1v) is 12.1. The molecular formula is C19H19ClN4O4S2. The summed E-state index contributed by atoms with van der Waals surface area (Å²) in [5, 5.41) is -0.624. The number of aromatic nitrogens is 1. The van der Waals surface area contributed by atoms with Gasteiger partial charge in [-0.15, -0.1) is 4.83 Å². The van der Waals surface area contributed by atoms with Crippen LogP contribution in [0.2, 0.25) is 5.02 Å². The molecule has 0 saturated carbocycles. The highest BCUT2D eigenvalue weighted by molar-refractivity contribution is 7.92. The Morgan fingerprint density at radius 3 is 2.13 bits per heavy atom. The molecule has 30 heavy (non-hydrogen) atoms. The van der Waals surface area contributed by atoms with E-state index in [0.717, 1.165) is 0 Å². The minimum Gasteiger partial charge on any atom is -0.306 e. The maximum atomic E-state index is 13.2. The Hall–Kier alpha value is -2.66. The lowest BCUT2D eigenvalue weighted by Gasteiger charge is -2.23. The molecule has 2 N–H and O–H groups in total. The highest BCUT2D eigenvalue weighted by atomic mass is 35.5. The van der Waals surface area contributed by atoms with Crippen molar-refractivity contribution in [2.45, 2.75) is 16.8 Å². The minimum atomic E-state index is -4.09. The van der Waals surface area contributed by atoms with E-state index in [1.807, 2.05) is 0 Å². The second kappa shape index (κ2) is 9.00. The van der Waals surface area contributed by atoms with Crippen LogP contribution in [0, 0.1) is 0 Å². The van der Waals surface area contributed by atoms with Gasteiger partial charge in [-0.2, -0.15) is 8.42 Å². The van der Waals surface area contributed by atoms with E-state index in [9.17, 15) is 16.8 Å². The number of hydrogen-bond acceptors (Lipinski definition) is 6. The van der Waals surface area contributed by atoms with Gasteiger partial charge in [0, 0.05) is 12.7 Å². The molecule has 0 aliphatic heterocycles. The number of hydrazine groups is 1. The van der Waals surface area contributed by atoms with Crippen molar-refractivity contribution in [3.05, 3.63) is 77.9 Å². The second-order valence-electron chi connectivity index (χ2n) is 6.03. The maximum absolute atomic E-state index is 13.2. The molecular weight excluding hydrogens is 448 g/mol. The number of anilines is 2. The van der Waals surface area contributed by atoms with Gasteiger partial charge in [0.1, 0.15) is 5.02 Å². The summed E-state index contributed by atoms with van der Waals surface area (Å²) >= 11 is 6.29. The van der Waals surface area contributed by atoms with Crippen molar-refractivity contribution in [2.75, 3.05) is 16.3 Å². The van der Waals surface area contributed by atoms with Gasteiger partial charge in [0.2, 0.25) is 0 Å². The molecule has 3 aromatic rings. The monoisotopic (exact) mass is 466 g/mol. The first-order valence-electron chi connectivity index (χ1n) is 8.82. The Labute approximate surface area is 180 Å². The topological polar surface area (TPSA) is 108 Å². The number of halogens is 1. The van der Waals surface area contributed by atoms with Gasteiger partial charge in [-0.3, -0.25) is 4.31 Å². The Balaban J connectivity index is 1.91. The van der Waals surface area contributed by atoms with E-state index < -0.39 is 25.1 Å². The molecule has 0 radical (unpaired) electrons. The number of rotatable bonds is 8. The summed E-state index contributed by atoms with van der Waals surface area (Å²) in [5.74, 6) is 0. The number of hydrogen-bond donors (Lipinski definition) is 2. The van der Waals surface area contributed by atoms with Crippen molar-refractivity contribution >= 4 is 43.0 Å². The summed E-state index contributed by atoms with van der Waals surface area (Å²) in [6.45, 7) is 1.84. The van der Waals surface area contributed by atoms with Crippen molar-refractivity contribution in [3.63, 3.8) is 0 Å². The molecule has 2 aromatic carbocycles. The molecule has 0 spiro atoms. The summed E-state index contributed by atoms with van der Waals surface area (Å²) in [6.07, 6.45) is 1.23. The molecule has 0 saturated heterocycles. The summed E-state index contributed by atoms with van der Waals surface area (Å²) in [6, 6.07) is 17.6. The van der Waals surface area contributed by atoms with Crippen molar-refractivity contribution in [3.8, 4) is 0 Å². The molecule has 11 heteroatoms. The number of nitrogens with zero attached hydrogens (tertiary/aromatic N) is 2. The average molecular weight is 467 g/mol. The second-order valence-corrected chi connectivity index (χ2v) is 9.86. The van der Waals surface area contributed by atoms with Gasteiger partial charge in [-0.25, -0.2) is 13.4 Å². The predicted octanol–water partition coefficient (Wildman–Crippen LogP) is 3.26. The first kappa shape index (κ1) is 22.0. The largest absolute Gasteiger partial charge is 0.306 e. The van der Waals surface area contributed by atoms with Gasteiger partial charge in [0.15, 0.2) is 5.03 Å². The molecule has 0 fully saturated rings. The zero-order chi connectivity index (χ0) is 21.8. The van der Waals surface area contributed by atoms with E-state index in [0.29, 0.717) is 5.69 Å². The third-order valence-corrected chi connectivity index (χ3v) is 7.70. The summed E-state index contributed by atoms with van der Waals surface area (Å²) in [4.78, 5) is 6.15. The fraction of sp³-hybridized carbons (Fsp3) is 0.105. The molecule has 0 amide bonds. The smallest absolute Gasteiger partial charge is 0.283 e.